The predicted molar refractivity (Wildman–Crippen MR) is 189 cm³/mol. The van der Waals surface area contributed by atoms with Gasteiger partial charge in [0.2, 0.25) is 15.9 Å². The third-order valence-corrected chi connectivity index (χ3v) is 11.6. The van der Waals surface area contributed by atoms with E-state index >= 15 is 8.78 Å². The molecule has 3 atom stereocenters. The molecule has 10 nitrogen and oxygen atoms in total. The van der Waals surface area contributed by atoms with E-state index in [2.05, 4.69) is 10.0 Å². The number of sulfonamides is 1. The van der Waals surface area contributed by atoms with Crippen LogP contribution in [-0.4, -0.2) is 68.3 Å². The zero-order valence-corrected chi connectivity index (χ0v) is 30.7. The van der Waals surface area contributed by atoms with E-state index in [9.17, 15) is 18.0 Å². The summed E-state index contributed by atoms with van der Waals surface area (Å²) in [6.07, 6.45) is 5.37. The summed E-state index contributed by atoms with van der Waals surface area (Å²) < 4.78 is 80.0. The van der Waals surface area contributed by atoms with Gasteiger partial charge in [-0.3, -0.25) is 4.79 Å². The molecule has 3 aliphatic rings. The standard InChI is InChI=1S/C37H44ClF2N3O7S/c1-36(2,3)50-35(45)41-25-20-26-12-13-27(21-25)43(26)34(44)33(37(39,40)24-11-16-31(38)32(19-24)48-4)42-51(46,47)30-15-10-22-17-29(14-9-23(22)18-30)49-28-7-5-6-8-28/h9-11,14-19,25-28,33,42H,5-8,12-13,20-21H2,1-4H3,(H,41,45). The molecule has 3 aromatic rings. The van der Waals surface area contributed by atoms with Crippen LogP contribution < -0.4 is 19.5 Å². The Morgan fingerprint density at radius 1 is 0.922 bits per heavy atom. The van der Waals surface area contributed by atoms with Crippen LogP contribution in [0, 0.1) is 0 Å². The van der Waals surface area contributed by atoms with E-state index in [0.29, 0.717) is 36.8 Å². The highest BCUT2D eigenvalue weighted by Gasteiger charge is 2.54. The minimum atomic E-state index is -4.68. The molecule has 2 aliphatic heterocycles. The zero-order valence-electron chi connectivity index (χ0n) is 29.1. The molecule has 2 N–H and O–H groups in total. The molecular formula is C37H44ClF2N3O7S. The lowest BCUT2D eigenvalue weighted by atomic mass is 9.94. The van der Waals surface area contributed by atoms with Crippen LogP contribution in [0.1, 0.15) is 77.7 Å². The van der Waals surface area contributed by atoms with Gasteiger partial charge in [-0.15, -0.1) is 0 Å². The van der Waals surface area contributed by atoms with Crippen LogP contribution in [0.4, 0.5) is 13.6 Å². The minimum absolute atomic E-state index is 0.0530. The first-order valence-corrected chi connectivity index (χ1v) is 19.2. The van der Waals surface area contributed by atoms with Crippen molar-refractivity contribution in [3.8, 4) is 11.5 Å². The van der Waals surface area contributed by atoms with Crippen molar-refractivity contribution < 1.29 is 41.0 Å². The number of alkyl carbamates (subject to hydrolysis) is 1. The van der Waals surface area contributed by atoms with Gasteiger partial charge < -0.3 is 24.4 Å². The van der Waals surface area contributed by atoms with E-state index in [-0.39, 0.29) is 27.8 Å². The number of halogens is 3. The maximum atomic E-state index is 16.7. The van der Waals surface area contributed by atoms with Crippen molar-refractivity contribution in [3.05, 3.63) is 65.2 Å². The maximum Gasteiger partial charge on any atom is 0.407 e. The van der Waals surface area contributed by atoms with Crippen molar-refractivity contribution in [2.75, 3.05) is 7.11 Å². The van der Waals surface area contributed by atoms with Gasteiger partial charge in [0.15, 0.2) is 6.04 Å². The molecule has 3 aromatic carbocycles. The number of nitrogens with one attached hydrogen (secondary N) is 2. The van der Waals surface area contributed by atoms with Crippen LogP contribution in [-0.2, 0) is 25.5 Å². The topological polar surface area (TPSA) is 123 Å². The normalized spacial score (nSPS) is 21.8. The van der Waals surface area contributed by atoms with E-state index in [1.54, 1.807) is 39.0 Å². The maximum absolute atomic E-state index is 16.7. The summed E-state index contributed by atoms with van der Waals surface area (Å²) in [6, 6.07) is 9.02. The Balaban J connectivity index is 1.29. The average Bonchev–Trinajstić information content (AvgIpc) is 3.67. The summed E-state index contributed by atoms with van der Waals surface area (Å²) in [7, 11) is -3.41. The highest BCUT2D eigenvalue weighted by molar-refractivity contribution is 7.89. The molecule has 0 aromatic heterocycles. The Hall–Kier alpha value is -3.68. The lowest BCUT2D eigenvalue weighted by Gasteiger charge is -2.42. The summed E-state index contributed by atoms with van der Waals surface area (Å²) in [4.78, 5) is 27.9. The fraction of sp³-hybridized carbons (Fsp3) is 0.514. The third-order valence-electron chi connectivity index (χ3n) is 9.83. The molecule has 1 aliphatic carbocycles. The first-order valence-electron chi connectivity index (χ1n) is 17.3. The number of alkyl halides is 2. The number of carbonyl (C=O) groups excluding carboxylic acids is 2. The van der Waals surface area contributed by atoms with Crippen molar-refractivity contribution in [1.82, 2.24) is 14.9 Å². The molecule has 2 saturated heterocycles. The second-order valence-corrected chi connectivity index (χ2v) is 16.8. The fourth-order valence-electron chi connectivity index (χ4n) is 7.46. The zero-order chi connectivity index (χ0) is 36.7. The molecule has 0 spiro atoms. The first-order chi connectivity index (χ1) is 24.0. The molecule has 2 amide bonds. The number of ether oxygens (including phenoxy) is 3. The molecule has 51 heavy (non-hydrogen) atoms. The van der Waals surface area contributed by atoms with Crippen molar-refractivity contribution in [3.63, 3.8) is 0 Å². The summed E-state index contributed by atoms with van der Waals surface area (Å²) in [5.41, 5.74) is -1.36. The molecule has 2 bridgehead atoms. The number of hydrogen-bond donors (Lipinski definition) is 2. The molecule has 2 heterocycles. The molecule has 6 rings (SSSR count). The SMILES string of the molecule is COc1cc(C(F)(F)C(NS(=O)(=O)c2ccc3cc(OC4CCCC4)ccc3c2)C(=O)N2C3CCC2CC(NC(=O)OC(C)(C)C)C3)ccc1Cl. The number of rotatable bonds is 10. The summed E-state index contributed by atoms with van der Waals surface area (Å²) in [5, 5.41) is 4.20. The first kappa shape index (κ1) is 37.1. The van der Waals surface area contributed by atoms with Crippen LogP contribution in [0.3, 0.4) is 0 Å². The van der Waals surface area contributed by atoms with Gasteiger partial charge in [0.05, 0.1) is 23.1 Å². The number of benzene rings is 3. The van der Waals surface area contributed by atoms with E-state index in [1.807, 2.05) is 6.07 Å². The Kier molecular flexibility index (Phi) is 10.5. The molecular weight excluding hydrogens is 704 g/mol. The van der Waals surface area contributed by atoms with Gasteiger partial charge in [-0.2, -0.15) is 13.5 Å². The number of piperidine rings is 1. The van der Waals surface area contributed by atoms with Crippen molar-refractivity contribution in [1.29, 1.82) is 0 Å². The quantitative estimate of drug-likeness (QED) is 0.223. The minimum Gasteiger partial charge on any atom is -0.495 e. The highest BCUT2D eigenvalue weighted by atomic mass is 35.5. The summed E-state index contributed by atoms with van der Waals surface area (Å²) >= 11 is 6.12. The van der Waals surface area contributed by atoms with E-state index in [0.717, 1.165) is 43.2 Å². The van der Waals surface area contributed by atoms with E-state index in [1.165, 1.54) is 30.2 Å². The lowest BCUT2D eigenvalue weighted by molar-refractivity contribution is -0.149. The van der Waals surface area contributed by atoms with Gasteiger partial charge in [-0.05, 0) is 119 Å². The Morgan fingerprint density at radius 3 is 2.22 bits per heavy atom. The van der Waals surface area contributed by atoms with Gasteiger partial charge in [-0.25, -0.2) is 13.2 Å². The van der Waals surface area contributed by atoms with Crippen LogP contribution in [0.5, 0.6) is 11.5 Å². The van der Waals surface area contributed by atoms with Crippen LogP contribution in [0.2, 0.25) is 5.02 Å². The van der Waals surface area contributed by atoms with Crippen LogP contribution in [0.15, 0.2) is 59.5 Å². The van der Waals surface area contributed by atoms with Gasteiger partial charge in [0.25, 0.3) is 5.92 Å². The highest BCUT2D eigenvalue weighted by Crippen LogP contribution is 2.42. The van der Waals surface area contributed by atoms with Crippen LogP contribution >= 0.6 is 11.6 Å². The number of nitrogens with zero attached hydrogens (tertiary/aromatic N) is 1. The number of methoxy groups -OCH3 is 1. The predicted octanol–water partition coefficient (Wildman–Crippen LogP) is 7.31. The Morgan fingerprint density at radius 2 is 1.57 bits per heavy atom. The largest absolute Gasteiger partial charge is 0.495 e. The number of carbonyl (C=O) groups is 2. The smallest absolute Gasteiger partial charge is 0.407 e. The monoisotopic (exact) mass is 747 g/mol. The average molecular weight is 748 g/mol. The molecule has 0 radical (unpaired) electrons. The second kappa shape index (κ2) is 14.4. The van der Waals surface area contributed by atoms with E-state index in [4.69, 9.17) is 25.8 Å². The molecule has 3 fully saturated rings. The van der Waals surface area contributed by atoms with Gasteiger partial charge >= 0.3 is 6.09 Å². The summed E-state index contributed by atoms with van der Waals surface area (Å²) in [6.45, 7) is 5.24. The lowest BCUT2D eigenvalue weighted by Crippen LogP contribution is -2.61. The van der Waals surface area contributed by atoms with Gasteiger partial charge in [0, 0.05) is 23.7 Å². The number of fused-ring (bicyclic) bond motifs is 3. The van der Waals surface area contributed by atoms with E-state index < -0.39 is 57.2 Å². The van der Waals surface area contributed by atoms with Crippen molar-refractivity contribution in [2.24, 2.45) is 0 Å². The molecule has 14 heteroatoms. The molecule has 3 unspecified atom stereocenters. The van der Waals surface area contributed by atoms with Gasteiger partial charge in [-0.1, -0.05) is 29.8 Å². The second-order valence-electron chi connectivity index (χ2n) is 14.7. The van der Waals surface area contributed by atoms with Crippen LogP contribution in [0.25, 0.3) is 10.8 Å². The van der Waals surface area contributed by atoms with Crippen molar-refractivity contribution in [2.45, 2.75) is 119 Å². The number of amides is 2. The third kappa shape index (κ3) is 8.20. The van der Waals surface area contributed by atoms with Gasteiger partial charge in [0.1, 0.15) is 17.1 Å². The van der Waals surface area contributed by atoms with Crippen molar-refractivity contribution >= 4 is 44.4 Å². The molecule has 276 valence electrons. The Labute approximate surface area is 302 Å². The number of hydrogen-bond acceptors (Lipinski definition) is 7. The fourth-order valence-corrected chi connectivity index (χ4v) is 8.87. The Bertz CT molecular complexity index is 1880. The summed E-state index contributed by atoms with van der Waals surface area (Å²) in [5.74, 6) is -4.47. The molecule has 1 saturated carbocycles.